The van der Waals surface area contributed by atoms with Gasteiger partial charge in [-0.2, -0.15) is 0 Å². The van der Waals surface area contributed by atoms with Crippen molar-refractivity contribution in [2.75, 3.05) is 0 Å². The molecule has 0 bridgehead atoms. The first-order chi connectivity index (χ1) is 9.09. The van der Waals surface area contributed by atoms with E-state index in [-0.39, 0.29) is 16.6 Å². The highest BCUT2D eigenvalue weighted by molar-refractivity contribution is 7.98. The normalized spacial score (nSPS) is 15.0. The summed E-state index contributed by atoms with van der Waals surface area (Å²) in [6.45, 7) is 19.6. The molecule has 0 aliphatic carbocycles. The molecule has 0 saturated carbocycles. The Labute approximate surface area is 134 Å². The average Bonchev–Trinajstić information content (AvgIpc) is 2.07. The molecule has 1 N–H and O–H groups in total. The molecule has 0 radical (unpaired) electrons. The number of rotatable bonds is 4. The molecular weight excluding hydrogens is 288 g/mol. The van der Waals surface area contributed by atoms with Gasteiger partial charge >= 0.3 is 6.09 Å². The molecule has 0 aromatic rings. The van der Waals surface area contributed by atoms with Crippen molar-refractivity contribution >= 4 is 18.0 Å². The van der Waals surface area contributed by atoms with E-state index < -0.39 is 11.7 Å². The van der Waals surface area contributed by atoms with Crippen molar-refractivity contribution in [2.24, 2.45) is 0 Å². The van der Waals surface area contributed by atoms with Crippen LogP contribution < -0.4 is 5.43 Å². The van der Waals surface area contributed by atoms with Crippen molar-refractivity contribution in [2.45, 2.75) is 91.4 Å². The van der Waals surface area contributed by atoms with Gasteiger partial charge in [0.1, 0.15) is 11.8 Å². The van der Waals surface area contributed by atoms with Crippen LogP contribution >= 0.6 is 11.9 Å². The molecule has 1 amide bonds. The number of carbonyl (C=O) groups is 1. The first-order valence-electron chi connectivity index (χ1n) is 7.25. The van der Waals surface area contributed by atoms with Crippen molar-refractivity contribution in [3.8, 4) is 0 Å². The van der Waals surface area contributed by atoms with Crippen molar-refractivity contribution in [3.63, 3.8) is 0 Å². The summed E-state index contributed by atoms with van der Waals surface area (Å²) in [5.74, 6) is 0. The molecule has 6 heteroatoms. The average molecular weight is 320 g/mol. The summed E-state index contributed by atoms with van der Waals surface area (Å²) in [5.41, 5.74) is 1.93. The van der Waals surface area contributed by atoms with Gasteiger partial charge in [-0.1, -0.05) is 0 Å². The zero-order valence-corrected chi connectivity index (χ0v) is 16.0. The number of amides is 1. The van der Waals surface area contributed by atoms with Crippen LogP contribution in [0.4, 0.5) is 4.79 Å². The van der Waals surface area contributed by atoms with Crippen LogP contribution in [0, 0.1) is 0 Å². The molecule has 0 spiro atoms. The van der Waals surface area contributed by atoms with Gasteiger partial charge in [0.15, 0.2) is 0 Å². The largest absolute Gasteiger partial charge is 0.443 e. The van der Waals surface area contributed by atoms with Crippen LogP contribution in [0.2, 0.25) is 0 Å². The fourth-order valence-corrected chi connectivity index (χ4v) is 2.34. The number of nitrogens with zero attached hydrogens (tertiary/aromatic N) is 1. The van der Waals surface area contributed by atoms with Gasteiger partial charge in [0.25, 0.3) is 0 Å². The molecule has 0 heterocycles. The third kappa shape index (κ3) is 11.8. The second-order valence-electron chi connectivity index (χ2n) is 7.97. The van der Waals surface area contributed by atoms with E-state index in [0.29, 0.717) is 0 Å². The minimum Gasteiger partial charge on any atom is -0.443 e. The van der Waals surface area contributed by atoms with Gasteiger partial charge in [-0.15, -0.1) is 4.41 Å². The summed E-state index contributed by atoms with van der Waals surface area (Å²) in [7, 11) is 0. The van der Waals surface area contributed by atoms with E-state index in [1.54, 1.807) is 4.41 Å². The molecule has 126 valence electrons. The summed E-state index contributed by atoms with van der Waals surface area (Å²) in [5, 5.41) is 0. The van der Waals surface area contributed by atoms with E-state index >= 15 is 0 Å². The van der Waals surface area contributed by atoms with Gasteiger partial charge in [0.05, 0.1) is 5.60 Å². The quantitative estimate of drug-likeness (QED) is 0.474. The summed E-state index contributed by atoms with van der Waals surface area (Å²) >= 11 is 1.50. The van der Waals surface area contributed by atoms with E-state index in [9.17, 15) is 4.79 Å². The maximum absolute atomic E-state index is 12.0. The predicted molar refractivity (Wildman–Crippen MR) is 88.9 cm³/mol. The lowest BCUT2D eigenvalue weighted by molar-refractivity contribution is -0.106. The van der Waals surface area contributed by atoms with Crippen molar-refractivity contribution < 1.29 is 14.3 Å². The molecule has 0 aromatic heterocycles. The summed E-state index contributed by atoms with van der Waals surface area (Å²) in [6, 6.07) is 0. The molecule has 1 atom stereocenters. The van der Waals surface area contributed by atoms with Crippen LogP contribution in [0.15, 0.2) is 0 Å². The van der Waals surface area contributed by atoms with Gasteiger partial charge in [-0.25, -0.2) is 10.2 Å². The molecule has 5 nitrogen and oxygen atoms in total. The van der Waals surface area contributed by atoms with Gasteiger partial charge in [0, 0.05) is 4.75 Å². The van der Waals surface area contributed by atoms with Crippen LogP contribution in [-0.2, 0) is 9.47 Å². The number of nitrogens with one attached hydrogen (secondary N) is 1. The van der Waals surface area contributed by atoms with Crippen LogP contribution in [0.5, 0.6) is 0 Å². The molecule has 0 aliphatic rings. The third-order valence-electron chi connectivity index (χ3n) is 1.83. The van der Waals surface area contributed by atoms with E-state index in [2.05, 4.69) is 26.2 Å². The first kappa shape index (κ1) is 20.5. The number of carbonyl (C=O) groups excluding carboxylic acids is 1. The Morgan fingerprint density at radius 2 is 1.48 bits per heavy atom. The predicted octanol–water partition coefficient (Wildman–Crippen LogP) is 4.34. The van der Waals surface area contributed by atoms with Gasteiger partial charge in [0.2, 0.25) is 0 Å². The van der Waals surface area contributed by atoms with Gasteiger partial charge in [-0.05, 0) is 81.2 Å². The maximum Gasteiger partial charge on any atom is 0.423 e. The Morgan fingerprint density at radius 3 is 1.81 bits per heavy atom. The molecule has 0 aliphatic heterocycles. The Hall–Kier alpha value is -0.460. The SMILES string of the molecule is CC(OC(C)(C)C)N(NC(=O)OC(C)(C)C)SC(C)(C)C. The smallest absolute Gasteiger partial charge is 0.423 e. The molecular formula is C15H32N2O3S. The molecule has 1 unspecified atom stereocenters. The summed E-state index contributed by atoms with van der Waals surface area (Å²) in [6.07, 6.45) is -0.773. The Balaban J connectivity index is 4.86. The highest BCUT2D eigenvalue weighted by Gasteiger charge is 2.28. The summed E-state index contributed by atoms with van der Waals surface area (Å²) in [4.78, 5) is 12.0. The Bertz CT molecular complexity index is 340. The van der Waals surface area contributed by atoms with Gasteiger partial charge < -0.3 is 9.47 Å². The van der Waals surface area contributed by atoms with E-state index in [0.717, 1.165) is 0 Å². The van der Waals surface area contributed by atoms with E-state index in [1.165, 1.54) is 11.9 Å². The molecule has 0 rings (SSSR count). The molecule has 0 aromatic carbocycles. The second-order valence-corrected chi connectivity index (χ2v) is 9.77. The van der Waals surface area contributed by atoms with Crippen molar-refractivity contribution in [3.05, 3.63) is 0 Å². The second kappa shape index (κ2) is 7.20. The number of hydrogen-bond acceptors (Lipinski definition) is 5. The minimum absolute atomic E-state index is 0.0650. The topological polar surface area (TPSA) is 50.8 Å². The lowest BCUT2D eigenvalue weighted by atomic mass is 10.2. The van der Waals surface area contributed by atoms with Crippen LogP contribution in [0.25, 0.3) is 0 Å². The minimum atomic E-state index is -0.531. The Morgan fingerprint density at radius 1 is 1.00 bits per heavy atom. The highest BCUT2D eigenvalue weighted by Crippen LogP contribution is 2.29. The lowest BCUT2D eigenvalue weighted by Gasteiger charge is -2.36. The standard InChI is InChI=1S/C15H32N2O3S/c1-11(19-13(2,3)4)17(21-15(8,9)10)16-12(18)20-14(5,6)7/h11H,1-10H3,(H,16,18). The monoisotopic (exact) mass is 320 g/mol. The number of hydrogen-bond donors (Lipinski definition) is 1. The van der Waals surface area contributed by atoms with E-state index in [1.807, 2.05) is 48.5 Å². The fourth-order valence-electron chi connectivity index (χ4n) is 1.43. The Kier molecular flexibility index (Phi) is 7.04. The molecule has 0 saturated heterocycles. The highest BCUT2D eigenvalue weighted by atomic mass is 32.2. The maximum atomic E-state index is 12.0. The van der Waals surface area contributed by atoms with E-state index in [4.69, 9.17) is 9.47 Å². The van der Waals surface area contributed by atoms with Crippen LogP contribution in [0.1, 0.15) is 69.2 Å². The fraction of sp³-hybridized carbons (Fsp3) is 0.933. The van der Waals surface area contributed by atoms with Gasteiger partial charge in [-0.3, -0.25) is 0 Å². The van der Waals surface area contributed by atoms with Crippen molar-refractivity contribution in [1.29, 1.82) is 0 Å². The first-order valence-corrected chi connectivity index (χ1v) is 8.02. The van der Waals surface area contributed by atoms with Crippen LogP contribution in [0.3, 0.4) is 0 Å². The van der Waals surface area contributed by atoms with Crippen LogP contribution in [-0.4, -0.2) is 32.7 Å². The summed E-state index contributed by atoms with van der Waals surface area (Å²) < 4.78 is 12.9. The number of ether oxygens (including phenoxy) is 2. The molecule has 0 fully saturated rings. The van der Waals surface area contributed by atoms with Crippen molar-refractivity contribution in [1.82, 2.24) is 9.84 Å². The zero-order valence-electron chi connectivity index (χ0n) is 15.2. The lowest BCUT2D eigenvalue weighted by Crippen LogP contribution is -2.49. The molecule has 21 heavy (non-hydrogen) atoms. The zero-order chi connectivity index (χ0) is 17.1. The third-order valence-corrected chi connectivity index (χ3v) is 2.96. The number of hydrazine groups is 1.